The van der Waals surface area contributed by atoms with Gasteiger partial charge >= 0.3 is 0 Å². The van der Waals surface area contributed by atoms with E-state index in [1.807, 2.05) is 58.9 Å². The van der Waals surface area contributed by atoms with Gasteiger partial charge in [-0.1, -0.05) is 24.1 Å². The van der Waals surface area contributed by atoms with Gasteiger partial charge in [-0.05, 0) is 44.6 Å². The summed E-state index contributed by atoms with van der Waals surface area (Å²) < 4.78 is 12.6. The third-order valence-electron chi connectivity index (χ3n) is 6.82. The van der Waals surface area contributed by atoms with E-state index in [2.05, 4.69) is 27.9 Å². The number of methoxy groups -OCH3 is 2. The lowest BCUT2D eigenvalue weighted by Gasteiger charge is -2.21. The molecule has 2 atom stereocenters. The number of likely N-dealkylation sites (N-methyl/N-ethyl adjacent to an activating group) is 1. The zero-order valence-electron chi connectivity index (χ0n) is 22.5. The second-order valence-corrected chi connectivity index (χ2v) is 9.64. The molecule has 200 valence electrons. The van der Waals surface area contributed by atoms with Crippen molar-refractivity contribution in [1.82, 2.24) is 29.5 Å². The first-order valence-corrected chi connectivity index (χ1v) is 12.6. The molecule has 1 fully saturated rings. The summed E-state index contributed by atoms with van der Waals surface area (Å²) >= 11 is 0. The SMILES string of the molecule is COc1cc(C#Cc2nn(C3CN(C(=O)C=CCN(C)C)C4=CC=CCC43)c3ncnc(N)c23)cc(OC)c1. The van der Waals surface area contributed by atoms with Crippen LogP contribution in [0.5, 0.6) is 11.5 Å². The van der Waals surface area contributed by atoms with Crippen LogP contribution in [0.25, 0.3) is 11.0 Å². The number of nitrogens with zero attached hydrogens (tertiary/aromatic N) is 6. The van der Waals surface area contributed by atoms with Crippen LogP contribution in [0, 0.1) is 17.8 Å². The highest BCUT2D eigenvalue weighted by Gasteiger charge is 2.41. The number of likely N-dealkylation sites (tertiary alicyclic amines) is 1. The monoisotopic (exact) mass is 525 g/mol. The van der Waals surface area contributed by atoms with Crippen molar-refractivity contribution in [3.05, 3.63) is 71.9 Å². The summed E-state index contributed by atoms with van der Waals surface area (Å²) in [4.78, 5) is 25.7. The topological polar surface area (TPSA) is 112 Å². The number of rotatable bonds is 6. The lowest BCUT2D eigenvalue weighted by Crippen LogP contribution is -2.27. The van der Waals surface area contributed by atoms with Gasteiger partial charge in [0, 0.05) is 42.4 Å². The fourth-order valence-corrected chi connectivity index (χ4v) is 4.94. The van der Waals surface area contributed by atoms with E-state index in [1.165, 1.54) is 6.33 Å². The maximum absolute atomic E-state index is 13.2. The Balaban J connectivity index is 1.54. The summed E-state index contributed by atoms with van der Waals surface area (Å²) in [6.07, 6.45) is 11.9. The number of benzene rings is 1. The number of carbonyl (C=O) groups is 1. The van der Waals surface area contributed by atoms with E-state index in [-0.39, 0.29) is 17.9 Å². The Morgan fingerprint density at radius 2 is 1.95 bits per heavy atom. The van der Waals surface area contributed by atoms with Crippen molar-refractivity contribution in [2.24, 2.45) is 5.92 Å². The molecular formula is C29H31N7O3. The van der Waals surface area contributed by atoms with E-state index in [1.54, 1.807) is 26.4 Å². The van der Waals surface area contributed by atoms with Gasteiger partial charge in [0.05, 0.1) is 25.6 Å². The molecule has 1 aliphatic heterocycles. The van der Waals surface area contributed by atoms with Gasteiger partial charge in [0.2, 0.25) is 0 Å². The van der Waals surface area contributed by atoms with Crippen LogP contribution in [-0.4, -0.2) is 76.9 Å². The largest absolute Gasteiger partial charge is 0.497 e. The lowest BCUT2D eigenvalue weighted by atomic mass is 9.93. The van der Waals surface area contributed by atoms with Gasteiger partial charge in [-0.2, -0.15) is 5.10 Å². The number of anilines is 1. The van der Waals surface area contributed by atoms with Crippen molar-refractivity contribution < 1.29 is 14.3 Å². The van der Waals surface area contributed by atoms with E-state index in [9.17, 15) is 4.79 Å². The summed E-state index contributed by atoms with van der Waals surface area (Å²) in [5.41, 5.74) is 9.04. The molecule has 2 aromatic heterocycles. The minimum Gasteiger partial charge on any atom is -0.497 e. The molecule has 1 aliphatic carbocycles. The Bertz CT molecular complexity index is 1540. The molecule has 1 amide bonds. The number of nitrogen functional groups attached to an aromatic ring is 1. The van der Waals surface area contributed by atoms with E-state index < -0.39 is 0 Å². The Hall–Kier alpha value is -4.62. The number of amides is 1. The predicted octanol–water partition coefficient (Wildman–Crippen LogP) is 2.79. The zero-order valence-corrected chi connectivity index (χ0v) is 22.5. The van der Waals surface area contributed by atoms with E-state index >= 15 is 0 Å². The molecule has 10 heteroatoms. The summed E-state index contributed by atoms with van der Waals surface area (Å²) in [5.74, 6) is 7.89. The molecule has 0 saturated carbocycles. The van der Waals surface area contributed by atoms with Crippen molar-refractivity contribution >= 4 is 22.8 Å². The average Bonchev–Trinajstić information content (AvgIpc) is 3.51. The van der Waals surface area contributed by atoms with Crippen molar-refractivity contribution in [2.75, 3.05) is 47.1 Å². The summed E-state index contributed by atoms with van der Waals surface area (Å²) in [5, 5.41) is 5.48. The van der Waals surface area contributed by atoms with Crippen LogP contribution in [0.3, 0.4) is 0 Å². The highest BCUT2D eigenvalue weighted by molar-refractivity contribution is 5.91. The summed E-state index contributed by atoms with van der Waals surface area (Å²) in [7, 11) is 7.12. The molecule has 0 spiro atoms. The fourth-order valence-electron chi connectivity index (χ4n) is 4.94. The number of hydrogen-bond acceptors (Lipinski definition) is 8. The maximum atomic E-state index is 13.2. The maximum Gasteiger partial charge on any atom is 0.250 e. The Morgan fingerprint density at radius 1 is 1.18 bits per heavy atom. The average molecular weight is 526 g/mol. The van der Waals surface area contributed by atoms with Crippen molar-refractivity contribution in [3.8, 4) is 23.3 Å². The highest BCUT2D eigenvalue weighted by atomic mass is 16.5. The lowest BCUT2D eigenvalue weighted by molar-refractivity contribution is -0.123. The molecule has 2 unspecified atom stereocenters. The first kappa shape index (κ1) is 26.0. The van der Waals surface area contributed by atoms with Crippen LogP contribution in [0.1, 0.15) is 23.7 Å². The van der Waals surface area contributed by atoms with Crippen LogP contribution in [0.4, 0.5) is 5.82 Å². The number of nitrogens with two attached hydrogens (primary N) is 1. The Morgan fingerprint density at radius 3 is 2.67 bits per heavy atom. The number of allylic oxidation sites excluding steroid dienone is 4. The molecule has 10 nitrogen and oxygen atoms in total. The van der Waals surface area contributed by atoms with E-state index in [4.69, 9.17) is 20.3 Å². The second kappa shape index (κ2) is 11.0. The molecule has 0 bridgehead atoms. The fraction of sp³-hybridized carbons (Fsp3) is 0.310. The number of ether oxygens (including phenoxy) is 2. The standard InChI is InChI=1S/C29H31N7O3/c1-34(2)13-7-10-26(37)35-17-25(22-8-5-6-9-24(22)35)36-29-27(28(30)31-18-32-29)23(33-36)12-11-19-14-20(38-3)16-21(15-19)39-4/h5-7,9-10,14-16,18,22,25H,8,13,17H2,1-4H3,(H2,30,31,32). The third kappa shape index (κ3) is 5.22. The van der Waals surface area contributed by atoms with Crippen LogP contribution in [0.15, 0.2) is 60.6 Å². The highest BCUT2D eigenvalue weighted by Crippen LogP contribution is 2.42. The molecule has 3 heterocycles. The molecule has 39 heavy (non-hydrogen) atoms. The summed E-state index contributed by atoms with van der Waals surface area (Å²) in [6, 6.07) is 5.29. The molecule has 0 radical (unpaired) electrons. The van der Waals surface area contributed by atoms with E-state index in [0.29, 0.717) is 52.7 Å². The molecule has 1 aromatic carbocycles. The number of hydrogen-bond donors (Lipinski definition) is 1. The van der Waals surface area contributed by atoms with Gasteiger partial charge in [-0.15, -0.1) is 0 Å². The second-order valence-electron chi connectivity index (χ2n) is 9.64. The Kier molecular flexibility index (Phi) is 7.34. The predicted molar refractivity (Wildman–Crippen MR) is 149 cm³/mol. The quantitative estimate of drug-likeness (QED) is 0.386. The van der Waals surface area contributed by atoms with Crippen molar-refractivity contribution in [1.29, 1.82) is 0 Å². The normalized spacial score (nSPS) is 18.3. The number of fused-ring (bicyclic) bond motifs is 2. The zero-order chi connectivity index (χ0) is 27.5. The minimum atomic E-state index is -0.142. The first-order chi connectivity index (χ1) is 18.9. The number of aromatic nitrogens is 4. The van der Waals surface area contributed by atoms with Gasteiger partial charge in [-0.25, -0.2) is 14.6 Å². The Labute approximate surface area is 227 Å². The van der Waals surface area contributed by atoms with Gasteiger partial charge in [0.15, 0.2) is 5.65 Å². The van der Waals surface area contributed by atoms with Crippen LogP contribution in [0.2, 0.25) is 0 Å². The minimum absolute atomic E-state index is 0.0523. The third-order valence-corrected chi connectivity index (χ3v) is 6.82. The smallest absolute Gasteiger partial charge is 0.250 e. The first-order valence-electron chi connectivity index (χ1n) is 12.6. The molecule has 3 aromatic rings. The van der Waals surface area contributed by atoms with Gasteiger partial charge < -0.3 is 25.0 Å². The summed E-state index contributed by atoms with van der Waals surface area (Å²) in [6.45, 7) is 1.15. The number of carbonyl (C=O) groups excluding carboxylic acids is 1. The van der Waals surface area contributed by atoms with Crippen LogP contribution < -0.4 is 15.2 Å². The molecular weight excluding hydrogens is 494 g/mol. The van der Waals surface area contributed by atoms with Crippen molar-refractivity contribution in [2.45, 2.75) is 12.5 Å². The van der Waals surface area contributed by atoms with Crippen LogP contribution in [-0.2, 0) is 4.79 Å². The van der Waals surface area contributed by atoms with Crippen molar-refractivity contribution in [3.63, 3.8) is 0 Å². The molecule has 5 rings (SSSR count). The molecule has 2 aliphatic rings. The van der Waals surface area contributed by atoms with Crippen LogP contribution >= 0.6 is 0 Å². The van der Waals surface area contributed by atoms with Gasteiger partial charge in [0.25, 0.3) is 5.91 Å². The van der Waals surface area contributed by atoms with Gasteiger partial charge in [0.1, 0.15) is 29.3 Å². The molecule has 2 N–H and O–H groups in total. The molecule has 1 saturated heterocycles. The van der Waals surface area contributed by atoms with Gasteiger partial charge in [-0.3, -0.25) is 4.79 Å². The van der Waals surface area contributed by atoms with E-state index in [0.717, 1.165) is 12.1 Å².